The van der Waals surface area contributed by atoms with E-state index in [-0.39, 0.29) is 5.82 Å². The van der Waals surface area contributed by atoms with Crippen molar-refractivity contribution in [1.29, 1.82) is 0 Å². The summed E-state index contributed by atoms with van der Waals surface area (Å²) in [5, 5.41) is 8.14. The van der Waals surface area contributed by atoms with Crippen LogP contribution in [0.2, 0.25) is 0 Å². The Morgan fingerprint density at radius 3 is 2.95 bits per heavy atom. The smallest absolute Gasteiger partial charge is 0.163 e. The molecule has 0 atom stereocenters. The number of fused-ring (bicyclic) bond motifs is 1. The highest BCUT2D eigenvalue weighted by atomic mass is 32.2. The highest BCUT2D eigenvalue weighted by Gasteiger charge is 2.10. The molecule has 1 aromatic carbocycles. The molecule has 2 aromatic heterocycles. The molecule has 1 N–H and O–H groups in total. The van der Waals surface area contributed by atoms with Crippen LogP contribution >= 0.6 is 11.8 Å². The predicted molar refractivity (Wildman–Crippen MR) is 81.8 cm³/mol. The van der Waals surface area contributed by atoms with Crippen LogP contribution in [0.1, 0.15) is 5.82 Å². The van der Waals surface area contributed by atoms with Crippen LogP contribution in [0.15, 0.2) is 35.4 Å². The third-order valence-electron chi connectivity index (χ3n) is 3.04. The fourth-order valence-corrected chi connectivity index (χ4v) is 2.82. The number of aryl methyl sites for hydroxylation is 1. The zero-order chi connectivity index (χ0) is 14.8. The first-order chi connectivity index (χ1) is 10.2. The van der Waals surface area contributed by atoms with E-state index in [1.165, 1.54) is 23.9 Å². The molecule has 0 unspecified atom stereocenters. The lowest BCUT2D eigenvalue weighted by molar-refractivity contribution is 0.624. The summed E-state index contributed by atoms with van der Waals surface area (Å²) < 4.78 is 14.9. The first kappa shape index (κ1) is 13.8. The monoisotopic (exact) mass is 303 g/mol. The minimum absolute atomic E-state index is 0.237. The van der Waals surface area contributed by atoms with Crippen LogP contribution < -0.4 is 5.32 Å². The molecule has 0 bridgehead atoms. The zero-order valence-electron chi connectivity index (χ0n) is 11.7. The van der Waals surface area contributed by atoms with E-state index in [1.54, 1.807) is 16.9 Å². The fourth-order valence-electron chi connectivity index (χ4n) is 2.03. The Hall–Kier alpha value is -2.15. The van der Waals surface area contributed by atoms with Gasteiger partial charge in [-0.2, -0.15) is 5.10 Å². The van der Waals surface area contributed by atoms with Crippen molar-refractivity contribution in [2.24, 2.45) is 7.05 Å². The van der Waals surface area contributed by atoms with Gasteiger partial charge in [-0.3, -0.25) is 4.68 Å². The molecule has 7 heteroatoms. The summed E-state index contributed by atoms with van der Waals surface area (Å²) in [5.41, 5.74) is 0.782. The van der Waals surface area contributed by atoms with Crippen molar-refractivity contribution in [3.8, 4) is 0 Å². The second-order valence-corrected chi connectivity index (χ2v) is 5.54. The van der Waals surface area contributed by atoms with E-state index in [0.717, 1.165) is 21.7 Å². The van der Waals surface area contributed by atoms with E-state index in [9.17, 15) is 4.39 Å². The summed E-state index contributed by atoms with van der Waals surface area (Å²) in [7, 11) is 3.66. The number of hydrogen-bond donors (Lipinski definition) is 1. The molecule has 0 spiro atoms. The predicted octanol–water partition coefficient (Wildman–Crippen LogP) is 2.84. The summed E-state index contributed by atoms with van der Waals surface area (Å²) in [5.74, 6) is 1.77. The zero-order valence-corrected chi connectivity index (χ0v) is 12.5. The quantitative estimate of drug-likeness (QED) is 0.751. The lowest BCUT2D eigenvalue weighted by atomic mass is 10.3. The number of thioether (sulfide) groups is 1. The standard InChI is InChI=1S/C14H14FN5S/c1-16-13-11-7-17-20(2)14(11)19-12(18-13)8-21-10-5-3-4-9(15)6-10/h3-7H,8H2,1-2H3,(H,16,18,19). The van der Waals surface area contributed by atoms with Gasteiger partial charge in [0.2, 0.25) is 0 Å². The van der Waals surface area contributed by atoms with Crippen molar-refractivity contribution >= 4 is 28.6 Å². The van der Waals surface area contributed by atoms with Gasteiger partial charge in [0.05, 0.1) is 17.3 Å². The van der Waals surface area contributed by atoms with Crippen LogP contribution in [0.3, 0.4) is 0 Å². The molecule has 3 rings (SSSR count). The largest absolute Gasteiger partial charge is 0.372 e. The van der Waals surface area contributed by atoms with Gasteiger partial charge in [0.1, 0.15) is 17.5 Å². The van der Waals surface area contributed by atoms with E-state index in [0.29, 0.717) is 11.6 Å². The van der Waals surface area contributed by atoms with Gasteiger partial charge < -0.3 is 5.32 Å². The molecule has 2 heterocycles. The van der Waals surface area contributed by atoms with Gasteiger partial charge in [-0.15, -0.1) is 11.8 Å². The van der Waals surface area contributed by atoms with Crippen LogP contribution in [-0.2, 0) is 12.8 Å². The third-order valence-corrected chi connectivity index (χ3v) is 4.03. The summed E-state index contributed by atoms with van der Waals surface area (Å²) in [6.45, 7) is 0. The molecule has 0 amide bonds. The summed E-state index contributed by atoms with van der Waals surface area (Å²) in [4.78, 5) is 9.85. The minimum Gasteiger partial charge on any atom is -0.372 e. The molecule has 0 aliphatic heterocycles. The molecule has 21 heavy (non-hydrogen) atoms. The van der Waals surface area contributed by atoms with E-state index < -0.39 is 0 Å². The van der Waals surface area contributed by atoms with Crippen LogP contribution in [-0.4, -0.2) is 26.8 Å². The van der Waals surface area contributed by atoms with Gasteiger partial charge in [0.25, 0.3) is 0 Å². The molecule has 0 aliphatic carbocycles. The Balaban J connectivity index is 1.88. The lowest BCUT2D eigenvalue weighted by Crippen LogP contribution is -2.02. The maximum atomic E-state index is 13.2. The number of hydrogen-bond acceptors (Lipinski definition) is 5. The number of nitrogens with zero attached hydrogens (tertiary/aromatic N) is 4. The summed E-state index contributed by atoms with van der Waals surface area (Å²) >= 11 is 1.50. The van der Waals surface area contributed by atoms with Gasteiger partial charge in [-0.25, -0.2) is 14.4 Å². The Bertz CT molecular complexity index is 786. The third kappa shape index (κ3) is 2.82. The number of nitrogens with one attached hydrogen (secondary N) is 1. The van der Waals surface area contributed by atoms with Crippen molar-refractivity contribution in [2.75, 3.05) is 12.4 Å². The fraction of sp³-hybridized carbons (Fsp3) is 0.214. The Labute approximate surface area is 125 Å². The van der Waals surface area contributed by atoms with Gasteiger partial charge in [-0.1, -0.05) is 6.07 Å². The van der Waals surface area contributed by atoms with Crippen molar-refractivity contribution in [3.05, 3.63) is 42.1 Å². The van der Waals surface area contributed by atoms with E-state index in [1.807, 2.05) is 20.2 Å². The first-order valence-corrected chi connectivity index (χ1v) is 7.40. The molecule has 3 aromatic rings. The Morgan fingerprint density at radius 1 is 1.33 bits per heavy atom. The highest BCUT2D eigenvalue weighted by molar-refractivity contribution is 7.98. The average molecular weight is 303 g/mol. The Morgan fingerprint density at radius 2 is 2.19 bits per heavy atom. The maximum Gasteiger partial charge on any atom is 0.163 e. The SMILES string of the molecule is CNc1nc(CSc2cccc(F)c2)nc2c1cnn2C. The first-order valence-electron chi connectivity index (χ1n) is 6.42. The topological polar surface area (TPSA) is 55.6 Å². The molecule has 0 saturated carbocycles. The van der Waals surface area contributed by atoms with Crippen molar-refractivity contribution in [1.82, 2.24) is 19.7 Å². The molecule has 0 saturated heterocycles. The summed E-state index contributed by atoms with van der Waals surface area (Å²) in [6, 6.07) is 6.50. The average Bonchev–Trinajstić information content (AvgIpc) is 2.86. The number of aromatic nitrogens is 4. The molecular weight excluding hydrogens is 289 g/mol. The second kappa shape index (κ2) is 5.69. The van der Waals surface area contributed by atoms with Crippen LogP contribution in [0.25, 0.3) is 11.0 Å². The van der Waals surface area contributed by atoms with Gasteiger partial charge in [0.15, 0.2) is 5.65 Å². The molecule has 0 fully saturated rings. The molecule has 108 valence electrons. The van der Waals surface area contributed by atoms with Crippen LogP contribution in [0, 0.1) is 5.82 Å². The van der Waals surface area contributed by atoms with E-state index in [4.69, 9.17) is 0 Å². The number of anilines is 1. The normalized spacial score (nSPS) is 11.0. The molecule has 0 radical (unpaired) electrons. The molecule has 0 aliphatic rings. The minimum atomic E-state index is -0.237. The lowest BCUT2D eigenvalue weighted by Gasteiger charge is -2.06. The van der Waals surface area contributed by atoms with Crippen molar-refractivity contribution < 1.29 is 4.39 Å². The second-order valence-electron chi connectivity index (χ2n) is 4.49. The number of benzene rings is 1. The molecule has 5 nitrogen and oxygen atoms in total. The maximum absolute atomic E-state index is 13.2. The van der Waals surface area contributed by atoms with Crippen LogP contribution in [0.5, 0.6) is 0 Å². The highest BCUT2D eigenvalue weighted by Crippen LogP contribution is 2.25. The van der Waals surface area contributed by atoms with E-state index in [2.05, 4.69) is 20.4 Å². The van der Waals surface area contributed by atoms with Gasteiger partial charge in [-0.05, 0) is 18.2 Å². The van der Waals surface area contributed by atoms with Crippen LogP contribution in [0.4, 0.5) is 10.2 Å². The van der Waals surface area contributed by atoms with Gasteiger partial charge in [0, 0.05) is 19.0 Å². The van der Waals surface area contributed by atoms with Gasteiger partial charge >= 0.3 is 0 Å². The molecular formula is C14H14FN5S. The van der Waals surface area contributed by atoms with Crippen molar-refractivity contribution in [3.63, 3.8) is 0 Å². The Kier molecular flexibility index (Phi) is 3.74. The summed E-state index contributed by atoms with van der Waals surface area (Å²) in [6.07, 6.45) is 1.74. The number of rotatable bonds is 4. The van der Waals surface area contributed by atoms with E-state index >= 15 is 0 Å². The van der Waals surface area contributed by atoms with Crippen molar-refractivity contribution in [2.45, 2.75) is 10.6 Å². The number of halogens is 1.